The highest BCUT2D eigenvalue weighted by Gasteiger charge is 2.17. The van der Waals surface area contributed by atoms with E-state index in [0.717, 1.165) is 32.0 Å². The topological polar surface area (TPSA) is 51.8 Å². The van der Waals surface area contributed by atoms with Crippen molar-refractivity contribution in [2.24, 2.45) is 5.73 Å². The summed E-state index contributed by atoms with van der Waals surface area (Å²) < 4.78 is 0. The van der Waals surface area contributed by atoms with Crippen LogP contribution in [0.25, 0.3) is 10.9 Å². The third kappa shape index (κ3) is 2.13. The van der Waals surface area contributed by atoms with Gasteiger partial charge in [0.1, 0.15) is 0 Å². The number of rotatable bonds is 2. The smallest absolute Gasteiger partial charge is 0.0900 e. The van der Waals surface area contributed by atoms with Crippen LogP contribution >= 0.6 is 11.3 Å². The van der Waals surface area contributed by atoms with Gasteiger partial charge in [-0.1, -0.05) is 18.2 Å². The molecule has 3 aromatic rings. The van der Waals surface area contributed by atoms with Crippen LogP contribution < -0.4 is 5.73 Å². The Hall–Kier alpha value is -1.78. The second kappa shape index (κ2) is 4.72. The first-order chi connectivity index (χ1) is 9.16. The normalized spacial score (nSPS) is 12.8. The number of hydrogen-bond donors (Lipinski definition) is 1. The summed E-state index contributed by atoms with van der Waals surface area (Å²) in [4.78, 5) is 9.97. The van der Waals surface area contributed by atoms with Crippen LogP contribution in [0.4, 0.5) is 0 Å². The fourth-order valence-electron chi connectivity index (χ4n) is 2.38. The van der Waals surface area contributed by atoms with Gasteiger partial charge in [-0.05, 0) is 31.5 Å². The van der Waals surface area contributed by atoms with Gasteiger partial charge in [0.2, 0.25) is 0 Å². The Morgan fingerprint density at radius 1 is 1.16 bits per heavy atom. The molecule has 0 saturated carbocycles. The Morgan fingerprint density at radius 2 is 2.00 bits per heavy atom. The molecule has 96 valence electrons. The zero-order valence-electron chi connectivity index (χ0n) is 10.9. The number of benzene rings is 1. The van der Waals surface area contributed by atoms with Crippen molar-refractivity contribution in [3.63, 3.8) is 0 Å². The van der Waals surface area contributed by atoms with Crippen LogP contribution in [0.15, 0.2) is 36.5 Å². The molecule has 3 rings (SSSR count). The number of aryl methyl sites for hydroxylation is 2. The minimum Gasteiger partial charge on any atom is -0.320 e. The van der Waals surface area contributed by atoms with E-state index in [-0.39, 0.29) is 6.04 Å². The average Bonchev–Trinajstić information content (AvgIpc) is 2.76. The van der Waals surface area contributed by atoms with E-state index in [1.807, 2.05) is 32.0 Å². The number of nitrogens with two attached hydrogens (primary N) is 1. The molecule has 0 fully saturated rings. The number of fused-ring (bicyclic) bond motifs is 1. The Kier molecular flexibility index (Phi) is 3.05. The SMILES string of the molecule is Cc1nc(C)c(C(N)c2cccc3ncccc23)s1. The van der Waals surface area contributed by atoms with Gasteiger partial charge >= 0.3 is 0 Å². The summed E-state index contributed by atoms with van der Waals surface area (Å²) >= 11 is 1.67. The van der Waals surface area contributed by atoms with Gasteiger partial charge in [-0.25, -0.2) is 4.98 Å². The Bertz CT molecular complexity index is 728. The monoisotopic (exact) mass is 269 g/mol. The first-order valence-electron chi connectivity index (χ1n) is 6.20. The van der Waals surface area contributed by atoms with Crippen molar-refractivity contribution in [1.82, 2.24) is 9.97 Å². The van der Waals surface area contributed by atoms with Gasteiger partial charge in [0.05, 0.1) is 22.3 Å². The second-order valence-electron chi connectivity index (χ2n) is 4.58. The highest BCUT2D eigenvalue weighted by atomic mass is 32.1. The molecule has 4 heteroatoms. The number of aromatic nitrogens is 2. The quantitative estimate of drug-likeness (QED) is 0.776. The summed E-state index contributed by atoms with van der Waals surface area (Å²) in [6, 6.07) is 9.97. The molecule has 0 radical (unpaired) electrons. The number of pyridine rings is 1. The van der Waals surface area contributed by atoms with Gasteiger partial charge in [0, 0.05) is 16.5 Å². The highest BCUT2D eigenvalue weighted by Crippen LogP contribution is 2.31. The largest absolute Gasteiger partial charge is 0.320 e. The second-order valence-corrected chi connectivity index (χ2v) is 5.81. The zero-order valence-corrected chi connectivity index (χ0v) is 11.7. The van der Waals surface area contributed by atoms with Crippen molar-refractivity contribution in [2.45, 2.75) is 19.9 Å². The van der Waals surface area contributed by atoms with Gasteiger partial charge < -0.3 is 5.73 Å². The molecule has 0 aliphatic heterocycles. The van der Waals surface area contributed by atoms with Gasteiger partial charge in [-0.3, -0.25) is 4.98 Å². The summed E-state index contributed by atoms with van der Waals surface area (Å²) in [7, 11) is 0. The lowest BCUT2D eigenvalue weighted by Crippen LogP contribution is -2.12. The lowest BCUT2D eigenvalue weighted by Gasteiger charge is -2.13. The summed E-state index contributed by atoms with van der Waals surface area (Å²) in [5, 5.41) is 2.17. The third-order valence-corrected chi connectivity index (χ3v) is 4.39. The summed E-state index contributed by atoms with van der Waals surface area (Å²) in [6.07, 6.45) is 1.81. The van der Waals surface area contributed by atoms with Crippen LogP contribution in [0.2, 0.25) is 0 Å². The lowest BCUT2D eigenvalue weighted by molar-refractivity contribution is 0.885. The first-order valence-corrected chi connectivity index (χ1v) is 7.01. The summed E-state index contributed by atoms with van der Waals surface area (Å²) in [5.74, 6) is 0. The predicted molar refractivity (Wildman–Crippen MR) is 79.4 cm³/mol. The van der Waals surface area contributed by atoms with Gasteiger partial charge in [-0.15, -0.1) is 11.3 Å². The van der Waals surface area contributed by atoms with Gasteiger partial charge in [0.15, 0.2) is 0 Å². The molecule has 3 nitrogen and oxygen atoms in total. The zero-order chi connectivity index (χ0) is 13.4. The molecule has 0 aliphatic rings. The predicted octanol–water partition coefficient (Wildman–Crippen LogP) is 3.36. The maximum Gasteiger partial charge on any atom is 0.0900 e. The maximum absolute atomic E-state index is 6.44. The van der Waals surface area contributed by atoms with E-state index < -0.39 is 0 Å². The van der Waals surface area contributed by atoms with Crippen molar-refractivity contribution < 1.29 is 0 Å². The molecule has 0 saturated heterocycles. The Morgan fingerprint density at radius 3 is 2.74 bits per heavy atom. The van der Waals surface area contributed by atoms with Crippen LogP contribution in [-0.4, -0.2) is 9.97 Å². The van der Waals surface area contributed by atoms with E-state index in [2.05, 4.69) is 22.1 Å². The molecular formula is C15H15N3S. The van der Waals surface area contributed by atoms with Crippen molar-refractivity contribution in [3.05, 3.63) is 57.7 Å². The number of nitrogens with zero attached hydrogens (tertiary/aromatic N) is 2. The lowest BCUT2D eigenvalue weighted by atomic mass is 10.0. The maximum atomic E-state index is 6.44. The van der Waals surface area contributed by atoms with Crippen molar-refractivity contribution in [3.8, 4) is 0 Å². The molecule has 0 aliphatic carbocycles. The van der Waals surface area contributed by atoms with E-state index >= 15 is 0 Å². The van der Waals surface area contributed by atoms with E-state index in [1.54, 1.807) is 17.5 Å². The van der Waals surface area contributed by atoms with Crippen molar-refractivity contribution in [2.75, 3.05) is 0 Å². The molecule has 2 N–H and O–H groups in total. The summed E-state index contributed by atoms with van der Waals surface area (Å²) in [6.45, 7) is 4.03. The van der Waals surface area contributed by atoms with E-state index in [0.29, 0.717) is 0 Å². The molecule has 1 aromatic carbocycles. The molecule has 0 bridgehead atoms. The minimum atomic E-state index is -0.140. The Labute approximate surface area is 116 Å². The molecule has 1 unspecified atom stereocenters. The van der Waals surface area contributed by atoms with Crippen LogP contribution in [-0.2, 0) is 0 Å². The molecular weight excluding hydrogens is 254 g/mol. The molecule has 2 aromatic heterocycles. The average molecular weight is 269 g/mol. The van der Waals surface area contributed by atoms with Crippen LogP contribution in [0.3, 0.4) is 0 Å². The van der Waals surface area contributed by atoms with Crippen LogP contribution in [0.5, 0.6) is 0 Å². The molecule has 0 amide bonds. The molecule has 19 heavy (non-hydrogen) atoms. The fourth-order valence-corrected chi connectivity index (χ4v) is 3.32. The number of hydrogen-bond acceptors (Lipinski definition) is 4. The standard InChI is InChI=1S/C15H15N3S/c1-9-15(19-10(2)18-9)14(16)12-5-3-7-13-11(12)6-4-8-17-13/h3-8,14H,16H2,1-2H3. The van der Waals surface area contributed by atoms with Crippen LogP contribution in [0, 0.1) is 13.8 Å². The van der Waals surface area contributed by atoms with Crippen molar-refractivity contribution in [1.29, 1.82) is 0 Å². The minimum absolute atomic E-state index is 0.140. The molecule has 2 heterocycles. The molecule has 0 spiro atoms. The van der Waals surface area contributed by atoms with Gasteiger partial charge in [0.25, 0.3) is 0 Å². The van der Waals surface area contributed by atoms with E-state index in [4.69, 9.17) is 5.73 Å². The highest BCUT2D eigenvalue weighted by molar-refractivity contribution is 7.11. The fraction of sp³-hybridized carbons (Fsp3) is 0.200. The van der Waals surface area contributed by atoms with Crippen molar-refractivity contribution >= 4 is 22.2 Å². The van der Waals surface area contributed by atoms with Gasteiger partial charge in [-0.2, -0.15) is 0 Å². The van der Waals surface area contributed by atoms with E-state index in [9.17, 15) is 0 Å². The Balaban J connectivity index is 2.16. The number of thiazole rings is 1. The third-order valence-electron chi connectivity index (χ3n) is 3.24. The summed E-state index contributed by atoms with van der Waals surface area (Å²) in [5.41, 5.74) is 9.55. The first kappa shape index (κ1) is 12.3. The van der Waals surface area contributed by atoms with E-state index in [1.165, 1.54) is 0 Å². The van der Waals surface area contributed by atoms with Crippen LogP contribution in [0.1, 0.15) is 27.2 Å². The molecule has 1 atom stereocenters.